The first-order valence-electron chi connectivity index (χ1n) is 14.3. The number of nitrogens with one attached hydrogen (secondary N) is 2. The Morgan fingerprint density at radius 1 is 1.30 bits per heavy atom. The lowest BCUT2D eigenvalue weighted by atomic mass is 9.97. The molecule has 0 bridgehead atoms. The number of benzene rings is 1. The van der Waals surface area contributed by atoms with Gasteiger partial charge in [-0.25, -0.2) is 19.0 Å². The number of aromatic nitrogens is 4. The standard InChI is InChI=1S/C27H31F4N6O10PS2/c1-4-26(28)19(38)17(47-22(26)37-15-33-18-20(37)35-24(32)36-21(18)39)13-45-48(41,34-12-16-8-6-5-7-9-16)44-10-11-49-23(40)25(2,3)14-46-50(42,43)27(29,30)31/h1,5-9,15,17,19,22,38H,10-14H2,2-3H3,(H,34,41)(H3,32,35,36,39)/t17-,19?,22-,26?,48?/m1/s1. The zero-order chi connectivity index (χ0) is 37.1. The van der Waals surface area contributed by atoms with E-state index < -0.39 is 83.4 Å². The van der Waals surface area contributed by atoms with Gasteiger partial charge in [0.05, 0.1) is 31.6 Å². The van der Waals surface area contributed by atoms with Crippen molar-refractivity contribution in [3.05, 3.63) is 52.6 Å². The number of thioether (sulfide) groups is 1. The third kappa shape index (κ3) is 8.72. The van der Waals surface area contributed by atoms with E-state index in [1.807, 2.05) is 5.92 Å². The van der Waals surface area contributed by atoms with Gasteiger partial charge in [-0.3, -0.25) is 32.4 Å². The van der Waals surface area contributed by atoms with Gasteiger partial charge in [0.25, 0.3) is 5.56 Å². The molecule has 3 aromatic rings. The molecule has 1 saturated heterocycles. The molecule has 0 spiro atoms. The van der Waals surface area contributed by atoms with Crippen molar-refractivity contribution in [3.8, 4) is 12.3 Å². The third-order valence-corrected chi connectivity index (χ3v) is 10.8. The molecular formula is C27H31F4N6O10PS2. The van der Waals surface area contributed by atoms with Crippen LogP contribution in [0.2, 0.25) is 0 Å². The summed E-state index contributed by atoms with van der Waals surface area (Å²) in [5.41, 5.74) is -5.20. The number of aliphatic hydroxyl groups is 1. The Morgan fingerprint density at radius 2 is 1.98 bits per heavy atom. The number of nitrogens with zero attached hydrogens (tertiary/aromatic N) is 3. The first-order chi connectivity index (χ1) is 23.2. The molecular weight excluding hydrogens is 739 g/mol. The van der Waals surface area contributed by atoms with E-state index >= 15 is 4.39 Å². The highest BCUT2D eigenvalue weighted by molar-refractivity contribution is 8.13. The summed E-state index contributed by atoms with van der Waals surface area (Å²) in [6.07, 6.45) is 1.02. The number of nitrogens with two attached hydrogens (primary N) is 1. The minimum Gasteiger partial charge on any atom is -0.386 e. The Bertz CT molecular complexity index is 1960. The summed E-state index contributed by atoms with van der Waals surface area (Å²) in [6.45, 7) is -0.0576. The summed E-state index contributed by atoms with van der Waals surface area (Å²) in [5.74, 6) is 1.30. The number of aromatic amines is 1. The molecule has 3 unspecified atom stereocenters. The van der Waals surface area contributed by atoms with Gasteiger partial charge in [-0.1, -0.05) is 48.0 Å². The van der Waals surface area contributed by atoms with Crippen LogP contribution < -0.4 is 16.4 Å². The molecule has 1 fully saturated rings. The van der Waals surface area contributed by atoms with E-state index in [0.717, 1.165) is 10.9 Å². The number of aliphatic hydroxyl groups excluding tert-OH is 1. The maximum atomic E-state index is 16.1. The number of ether oxygens (including phenoxy) is 1. The molecule has 2 aromatic heterocycles. The maximum Gasteiger partial charge on any atom is 0.523 e. The van der Waals surface area contributed by atoms with Gasteiger partial charge in [-0.2, -0.15) is 26.6 Å². The minimum absolute atomic E-state index is 0.0704. The SMILES string of the molecule is C#CC1(F)C(O)[C@@H](COP(=O)(NCc2ccccc2)OCCSC(=O)C(C)(C)COS(=O)(=O)C(F)(F)F)O[C@H]1n1cnc2c(=O)[nH]c(N)nc21. The highest BCUT2D eigenvalue weighted by atomic mass is 32.2. The van der Waals surface area contributed by atoms with Crippen LogP contribution in [0.25, 0.3) is 11.2 Å². The number of carbonyl (C=O) groups excluding carboxylic acids is 1. The number of anilines is 1. The average Bonchev–Trinajstić information content (AvgIpc) is 3.58. The van der Waals surface area contributed by atoms with Gasteiger partial charge < -0.3 is 15.6 Å². The van der Waals surface area contributed by atoms with Gasteiger partial charge in [0.1, 0.15) is 12.2 Å². The van der Waals surface area contributed by atoms with E-state index in [2.05, 4.69) is 24.2 Å². The highest BCUT2D eigenvalue weighted by Gasteiger charge is 2.58. The van der Waals surface area contributed by atoms with Gasteiger partial charge in [-0.15, -0.1) is 6.42 Å². The number of hydrogen-bond acceptors (Lipinski definition) is 14. The predicted octanol–water partition coefficient (Wildman–Crippen LogP) is 2.38. The largest absolute Gasteiger partial charge is 0.523 e. The van der Waals surface area contributed by atoms with Crippen molar-refractivity contribution in [2.45, 2.75) is 50.0 Å². The Kier molecular flexibility index (Phi) is 11.9. The summed E-state index contributed by atoms with van der Waals surface area (Å²) < 4.78 is 112. The number of nitrogen functional groups attached to an aromatic ring is 1. The first kappa shape index (κ1) is 39.4. The van der Waals surface area contributed by atoms with Gasteiger partial charge in [0.15, 0.2) is 22.5 Å². The van der Waals surface area contributed by atoms with Crippen LogP contribution in [-0.4, -0.2) is 87.1 Å². The lowest BCUT2D eigenvalue weighted by Gasteiger charge is -2.24. The summed E-state index contributed by atoms with van der Waals surface area (Å²) in [5, 5.41) is 12.7. The number of imidazole rings is 1. The van der Waals surface area contributed by atoms with Crippen LogP contribution in [0.1, 0.15) is 25.6 Å². The second-order valence-corrected chi connectivity index (χ2v) is 15.8. The van der Waals surface area contributed by atoms with E-state index in [-0.39, 0.29) is 29.4 Å². The Balaban J connectivity index is 1.44. The molecule has 1 aliphatic heterocycles. The van der Waals surface area contributed by atoms with Crippen LogP contribution in [0, 0.1) is 17.8 Å². The monoisotopic (exact) mass is 770 g/mol. The van der Waals surface area contributed by atoms with Crippen LogP contribution in [0.15, 0.2) is 41.5 Å². The van der Waals surface area contributed by atoms with E-state index in [1.165, 1.54) is 13.8 Å². The molecule has 4 rings (SSSR count). The fourth-order valence-corrected chi connectivity index (χ4v) is 7.16. The van der Waals surface area contributed by atoms with Crippen molar-refractivity contribution < 1.29 is 58.4 Å². The Labute approximate surface area is 286 Å². The second kappa shape index (κ2) is 15.1. The molecule has 3 heterocycles. The van der Waals surface area contributed by atoms with Gasteiger partial charge in [0.2, 0.25) is 11.6 Å². The van der Waals surface area contributed by atoms with Crippen LogP contribution in [0.5, 0.6) is 0 Å². The lowest BCUT2D eigenvalue weighted by molar-refractivity contribution is -0.119. The maximum absolute atomic E-state index is 16.1. The normalized spacial score (nSPS) is 22.7. The van der Waals surface area contributed by atoms with Crippen LogP contribution in [-0.2, 0) is 44.0 Å². The van der Waals surface area contributed by atoms with Crippen molar-refractivity contribution in [2.24, 2.45) is 5.41 Å². The Morgan fingerprint density at radius 3 is 2.62 bits per heavy atom. The van der Waals surface area contributed by atoms with Gasteiger partial charge in [-0.05, 0) is 19.4 Å². The number of fused-ring (bicyclic) bond motifs is 1. The first-order valence-corrected chi connectivity index (χ1v) is 18.2. The predicted molar refractivity (Wildman–Crippen MR) is 170 cm³/mol. The van der Waals surface area contributed by atoms with Crippen molar-refractivity contribution in [2.75, 3.05) is 31.3 Å². The number of H-pyrrole nitrogens is 1. The molecule has 274 valence electrons. The van der Waals surface area contributed by atoms with E-state index in [0.29, 0.717) is 17.3 Å². The van der Waals surface area contributed by atoms with E-state index in [9.17, 15) is 40.8 Å². The average molecular weight is 771 g/mol. The van der Waals surface area contributed by atoms with Crippen molar-refractivity contribution in [1.82, 2.24) is 24.6 Å². The van der Waals surface area contributed by atoms with Crippen LogP contribution >= 0.6 is 19.5 Å². The van der Waals surface area contributed by atoms with Crippen molar-refractivity contribution >= 4 is 51.9 Å². The molecule has 0 saturated carbocycles. The smallest absolute Gasteiger partial charge is 0.386 e. The summed E-state index contributed by atoms with van der Waals surface area (Å²) in [4.78, 5) is 34.9. The third-order valence-electron chi connectivity index (χ3n) is 7.09. The zero-order valence-corrected chi connectivity index (χ0v) is 28.7. The van der Waals surface area contributed by atoms with Crippen LogP contribution in [0.3, 0.4) is 0 Å². The van der Waals surface area contributed by atoms with E-state index in [4.69, 9.17) is 25.9 Å². The minimum atomic E-state index is -5.93. The highest BCUT2D eigenvalue weighted by Crippen LogP contribution is 2.47. The number of terminal acetylenes is 1. The molecule has 23 heteroatoms. The topological polar surface area (TPSA) is 227 Å². The fourth-order valence-electron chi connectivity index (χ4n) is 4.35. The van der Waals surface area contributed by atoms with Crippen molar-refractivity contribution in [1.29, 1.82) is 0 Å². The summed E-state index contributed by atoms with van der Waals surface area (Å²) in [7, 11) is -10.3. The second-order valence-electron chi connectivity index (χ2n) is 11.3. The Hall–Kier alpha value is -3.39. The summed E-state index contributed by atoms with van der Waals surface area (Å²) in [6, 6.07) is 8.53. The molecule has 5 N–H and O–H groups in total. The molecule has 1 aromatic carbocycles. The summed E-state index contributed by atoms with van der Waals surface area (Å²) >= 11 is 0.536. The number of halogens is 4. The molecule has 16 nitrogen and oxygen atoms in total. The molecule has 5 atom stereocenters. The molecule has 0 amide bonds. The number of hydrogen-bond donors (Lipinski definition) is 4. The number of carbonyl (C=O) groups is 1. The number of rotatable bonds is 15. The quantitative estimate of drug-likeness (QED) is 0.0435. The van der Waals surface area contributed by atoms with Gasteiger partial charge in [0, 0.05) is 12.3 Å². The van der Waals surface area contributed by atoms with E-state index in [1.54, 1.807) is 30.3 Å². The molecule has 1 aliphatic rings. The van der Waals surface area contributed by atoms with Gasteiger partial charge >= 0.3 is 23.4 Å². The fraction of sp³-hybridized carbons (Fsp3) is 0.481. The lowest BCUT2D eigenvalue weighted by Crippen LogP contribution is -2.42. The van der Waals surface area contributed by atoms with Crippen LogP contribution in [0.4, 0.5) is 23.5 Å². The molecule has 0 aliphatic carbocycles. The van der Waals surface area contributed by atoms with Crippen molar-refractivity contribution in [3.63, 3.8) is 0 Å². The number of alkyl halides is 4. The zero-order valence-electron chi connectivity index (χ0n) is 26.1. The molecule has 0 radical (unpaired) electrons. The molecule has 50 heavy (non-hydrogen) atoms.